The van der Waals surface area contributed by atoms with Crippen molar-refractivity contribution in [3.63, 3.8) is 0 Å². The predicted molar refractivity (Wildman–Crippen MR) is 78.3 cm³/mol. The van der Waals surface area contributed by atoms with Crippen LogP contribution in [0.2, 0.25) is 0 Å². The molecule has 0 aliphatic carbocycles. The number of hydrogen-bond acceptors (Lipinski definition) is 4. The van der Waals surface area contributed by atoms with Crippen molar-refractivity contribution in [1.29, 1.82) is 0 Å². The van der Waals surface area contributed by atoms with E-state index in [2.05, 4.69) is 11.9 Å². The minimum absolute atomic E-state index is 0.000596. The van der Waals surface area contributed by atoms with Gasteiger partial charge in [-0.3, -0.25) is 9.69 Å². The molecule has 0 aromatic carbocycles. The van der Waals surface area contributed by atoms with Gasteiger partial charge in [-0.05, 0) is 39.4 Å². The summed E-state index contributed by atoms with van der Waals surface area (Å²) in [6.45, 7) is 6.91. The lowest BCUT2D eigenvalue weighted by molar-refractivity contribution is 0.0599. The lowest BCUT2D eigenvalue weighted by atomic mass is 10.1. The zero-order valence-corrected chi connectivity index (χ0v) is 13.0. The molecule has 0 atom stereocenters. The first kappa shape index (κ1) is 16.4. The number of aryl methyl sites for hydroxylation is 1. The van der Waals surface area contributed by atoms with Gasteiger partial charge in [-0.15, -0.1) is 0 Å². The van der Waals surface area contributed by atoms with Crippen LogP contribution in [0, 0.1) is 13.8 Å². The van der Waals surface area contributed by atoms with Gasteiger partial charge in [0.15, 0.2) is 5.78 Å². The Bertz CT molecular complexity index is 492. The van der Waals surface area contributed by atoms with E-state index in [0.29, 0.717) is 29.1 Å². The molecule has 1 N–H and O–H groups in total. The van der Waals surface area contributed by atoms with Gasteiger partial charge in [0, 0.05) is 5.69 Å². The van der Waals surface area contributed by atoms with Crippen LogP contribution in [0.1, 0.15) is 51.9 Å². The quantitative estimate of drug-likeness (QED) is 0.615. The molecule has 112 valence electrons. The van der Waals surface area contributed by atoms with Gasteiger partial charge in [-0.1, -0.05) is 13.3 Å². The van der Waals surface area contributed by atoms with Crippen LogP contribution in [0.4, 0.5) is 0 Å². The van der Waals surface area contributed by atoms with Crippen molar-refractivity contribution in [3.8, 4) is 0 Å². The van der Waals surface area contributed by atoms with Crippen molar-refractivity contribution in [1.82, 2.24) is 9.88 Å². The van der Waals surface area contributed by atoms with Crippen molar-refractivity contribution in [2.45, 2.75) is 33.6 Å². The standard InChI is InChI=1S/C15H24N2O3/c1-6-7-8-17(4)9-12(18)14-10(2)13(11(3)16-14)15(19)20-5/h16H,6-9H2,1-5H3. The van der Waals surface area contributed by atoms with Gasteiger partial charge in [0.25, 0.3) is 0 Å². The fourth-order valence-electron chi connectivity index (χ4n) is 2.27. The summed E-state index contributed by atoms with van der Waals surface area (Å²) >= 11 is 0. The lowest BCUT2D eigenvalue weighted by Crippen LogP contribution is -2.27. The molecule has 0 fully saturated rings. The third-order valence-corrected chi connectivity index (χ3v) is 3.41. The number of nitrogens with zero attached hydrogens (tertiary/aromatic N) is 1. The number of aromatic nitrogens is 1. The molecule has 5 nitrogen and oxygen atoms in total. The second-order valence-corrected chi connectivity index (χ2v) is 5.13. The van der Waals surface area contributed by atoms with E-state index < -0.39 is 5.97 Å². The van der Waals surface area contributed by atoms with Gasteiger partial charge >= 0.3 is 5.97 Å². The molecule has 0 amide bonds. The highest BCUT2D eigenvalue weighted by Gasteiger charge is 2.22. The summed E-state index contributed by atoms with van der Waals surface area (Å²) in [6, 6.07) is 0. The van der Waals surface area contributed by atoms with E-state index in [1.54, 1.807) is 13.8 Å². The third-order valence-electron chi connectivity index (χ3n) is 3.41. The van der Waals surface area contributed by atoms with E-state index in [4.69, 9.17) is 4.74 Å². The molecule has 1 aromatic heterocycles. The minimum atomic E-state index is -0.408. The number of likely N-dealkylation sites (N-methyl/N-ethyl adjacent to an activating group) is 1. The number of nitrogens with one attached hydrogen (secondary N) is 1. The molecule has 0 saturated carbocycles. The second-order valence-electron chi connectivity index (χ2n) is 5.13. The molecule has 20 heavy (non-hydrogen) atoms. The highest BCUT2D eigenvalue weighted by atomic mass is 16.5. The Hall–Kier alpha value is -1.62. The average Bonchev–Trinajstić information content (AvgIpc) is 2.71. The van der Waals surface area contributed by atoms with Gasteiger partial charge in [0.05, 0.1) is 24.9 Å². The first-order valence-electron chi connectivity index (χ1n) is 6.91. The maximum absolute atomic E-state index is 12.3. The van der Waals surface area contributed by atoms with Crippen molar-refractivity contribution >= 4 is 11.8 Å². The molecular weight excluding hydrogens is 256 g/mol. The summed E-state index contributed by atoms with van der Waals surface area (Å²) in [4.78, 5) is 29.0. The molecule has 1 aromatic rings. The number of methoxy groups -OCH3 is 1. The fourth-order valence-corrected chi connectivity index (χ4v) is 2.27. The van der Waals surface area contributed by atoms with Crippen LogP contribution in [0.5, 0.6) is 0 Å². The van der Waals surface area contributed by atoms with Gasteiger partial charge in [0.2, 0.25) is 0 Å². The highest BCUT2D eigenvalue weighted by Crippen LogP contribution is 2.19. The minimum Gasteiger partial charge on any atom is -0.465 e. The molecule has 0 aliphatic rings. The third kappa shape index (κ3) is 3.70. The molecule has 0 bridgehead atoms. The molecular formula is C15H24N2O3. The number of esters is 1. The number of aromatic amines is 1. The van der Waals surface area contributed by atoms with Crippen LogP contribution in [0.15, 0.2) is 0 Å². The van der Waals surface area contributed by atoms with E-state index in [-0.39, 0.29) is 5.78 Å². The summed E-state index contributed by atoms with van der Waals surface area (Å²) in [5.41, 5.74) is 2.32. The van der Waals surface area contributed by atoms with Crippen LogP contribution < -0.4 is 0 Å². The van der Waals surface area contributed by atoms with E-state index >= 15 is 0 Å². The molecule has 5 heteroatoms. The van der Waals surface area contributed by atoms with Crippen molar-refractivity contribution in [2.75, 3.05) is 27.2 Å². The van der Waals surface area contributed by atoms with Crippen LogP contribution in [-0.4, -0.2) is 48.9 Å². The second kappa shape index (κ2) is 7.24. The maximum Gasteiger partial charge on any atom is 0.339 e. The molecule has 1 heterocycles. The van der Waals surface area contributed by atoms with Crippen LogP contribution >= 0.6 is 0 Å². The number of rotatable bonds is 7. The van der Waals surface area contributed by atoms with Crippen molar-refractivity contribution in [2.24, 2.45) is 0 Å². The first-order valence-corrected chi connectivity index (χ1v) is 6.91. The largest absolute Gasteiger partial charge is 0.465 e. The number of hydrogen-bond donors (Lipinski definition) is 1. The Labute approximate surface area is 120 Å². The number of ether oxygens (including phenoxy) is 1. The summed E-state index contributed by atoms with van der Waals surface area (Å²) in [7, 11) is 3.27. The monoisotopic (exact) mass is 280 g/mol. The zero-order chi connectivity index (χ0) is 15.3. The molecule has 0 saturated heterocycles. The molecule has 0 spiro atoms. The number of unbranched alkanes of at least 4 members (excludes halogenated alkanes) is 1. The fraction of sp³-hybridized carbons (Fsp3) is 0.600. The Morgan fingerprint density at radius 3 is 2.50 bits per heavy atom. The van der Waals surface area contributed by atoms with Crippen LogP contribution in [0.3, 0.4) is 0 Å². The summed E-state index contributed by atoms with van der Waals surface area (Å²) < 4.78 is 4.74. The van der Waals surface area contributed by atoms with E-state index in [0.717, 1.165) is 19.4 Å². The van der Waals surface area contributed by atoms with Crippen molar-refractivity contribution < 1.29 is 14.3 Å². The van der Waals surface area contributed by atoms with E-state index in [1.165, 1.54) is 7.11 Å². The summed E-state index contributed by atoms with van der Waals surface area (Å²) in [5, 5.41) is 0. The number of ketones is 1. The molecule has 1 rings (SSSR count). The number of H-pyrrole nitrogens is 1. The smallest absolute Gasteiger partial charge is 0.339 e. The Morgan fingerprint density at radius 2 is 1.95 bits per heavy atom. The molecule has 0 aliphatic heterocycles. The topological polar surface area (TPSA) is 62.4 Å². The van der Waals surface area contributed by atoms with Crippen LogP contribution in [0.25, 0.3) is 0 Å². The first-order chi connectivity index (χ1) is 9.42. The highest BCUT2D eigenvalue weighted by molar-refractivity contribution is 6.02. The number of Topliss-reactive ketones (excluding diaryl/α,β-unsaturated/α-hetero) is 1. The summed E-state index contributed by atoms with van der Waals surface area (Å²) in [6.07, 6.45) is 2.17. The Kier molecular flexibility index (Phi) is 5.95. The van der Waals surface area contributed by atoms with Gasteiger partial charge in [-0.2, -0.15) is 0 Å². The van der Waals surface area contributed by atoms with Crippen LogP contribution in [-0.2, 0) is 4.74 Å². The lowest BCUT2D eigenvalue weighted by Gasteiger charge is -2.14. The van der Waals surface area contributed by atoms with Gasteiger partial charge in [0.1, 0.15) is 0 Å². The van der Waals surface area contributed by atoms with Gasteiger partial charge in [-0.25, -0.2) is 4.79 Å². The Balaban J connectivity index is 2.87. The zero-order valence-electron chi connectivity index (χ0n) is 13.0. The molecule has 0 unspecified atom stereocenters. The van der Waals surface area contributed by atoms with Crippen molar-refractivity contribution in [3.05, 3.63) is 22.5 Å². The Morgan fingerprint density at radius 1 is 1.30 bits per heavy atom. The maximum atomic E-state index is 12.3. The summed E-state index contributed by atoms with van der Waals surface area (Å²) in [5.74, 6) is -0.408. The predicted octanol–water partition coefficient (Wildman–Crippen LogP) is 2.33. The SMILES string of the molecule is CCCCN(C)CC(=O)c1[nH]c(C)c(C(=O)OC)c1C. The van der Waals surface area contributed by atoms with E-state index in [9.17, 15) is 9.59 Å². The van der Waals surface area contributed by atoms with E-state index in [1.807, 2.05) is 11.9 Å². The van der Waals surface area contributed by atoms with Gasteiger partial charge < -0.3 is 9.72 Å². The average molecular weight is 280 g/mol. The number of carbonyl (C=O) groups is 2. The molecule has 0 radical (unpaired) electrons. The normalized spacial score (nSPS) is 10.9. The number of carbonyl (C=O) groups excluding carboxylic acids is 2.